The minimum absolute atomic E-state index is 0.0190. The maximum Gasteiger partial charge on any atom is 0.223 e. The van der Waals surface area contributed by atoms with Crippen molar-refractivity contribution in [2.24, 2.45) is 11.7 Å². The van der Waals surface area contributed by atoms with Gasteiger partial charge < -0.3 is 20.5 Å². The van der Waals surface area contributed by atoms with Crippen LogP contribution in [0.3, 0.4) is 0 Å². The summed E-state index contributed by atoms with van der Waals surface area (Å²) in [5.74, 6) is 0.277. The Morgan fingerprint density at radius 3 is 2.62 bits per heavy atom. The van der Waals surface area contributed by atoms with Gasteiger partial charge in [0.1, 0.15) is 0 Å². The Morgan fingerprint density at radius 2 is 2.19 bits per heavy atom. The fraction of sp³-hybridized carbons (Fsp3) is 0.909. The van der Waals surface area contributed by atoms with Crippen molar-refractivity contribution in [2.75, 3.05) is 40.0 Å². The number of nitrogens with two attached hydrogens (primary N) is 1. The van der Waals surface area contributed by atoms with Gasteiger partial charge in [-0.1, -0.05) is 13.3 Å². The van der Waals surface area contributed by atoms with E-state index in [1.807, 2.05) is 6.92 Å². The van der Waals surface area contributed by atoms with Crippen LogP contribution in [0.25, 0.3) is 0 Å². The zero-order chi connectivity index (χ0) is 12.4. The second kappa shape index (κ2) is 9.57. The summed E-state index contributed by atoms with van der Waals surface area (Å²) in [5, 5.41) is 8.87. The number of rotatable bonds is 9. The van der Waals surface area contributed by atoms with Crippen molar-refractivity contribution in [1.29, 1.82) is 0 Å². The van der Waals surface area contributed by atoms with Gasteiger partial charge in [0.2, 0.25) is 5.91 Å². The summed E-state index contributed by atoms with van der Waals surface area (Å²) in [6, 6.07) is 0. The number of aliphatic hydroxyl groups is 1. The third kappa shape index (κ3) is 6.05. The smallest absolute Gasteiger partial charge is 0.223 e. The molecule has 0 spiro atoms. The normalized spacial score (nSPS) is 12.5. The highest BCUT2D eigenvalue weighted by atomic mass is 16.5. The molecule has 0 saturated heterocycles. The van der Waals surface area contributed by atoms with Gasteiger partial charge >= 0.3 is 0 Å². The number of hydrogen-bond acceptors (Lipinski definition) is 4. The third-order valence-corrected chi connectivity index (χ3v) is 2.66. The molecule has 5 heteroatoms. The molecule has 0 aromatic rings. The number of methoxy groups -OCH3 is 1. The van der Waals surface area contributed by atoms with Crippen LogP contribution in [0.2, 0.25) is 0 Å². The Balaban J connectivity index is 4.13. The van der Waals surface area contributed by atoms with Gasteiger partial charge in [0.15, 0.2) is 0 Å². The molecule has 1 unspecified atom stereocenters. The molecule has 1 atom stereocenters. The largest absolute Gasteiger partial charge is 0.395 e. The molecule has 0 aliphatic heterocycles. The lowest BCUT2D eigenvalue weighted by Gasteiger charge is -2.23. The molecule has 0 aliphatic rings. The van der Waals surface area contributed by atoms with Crippen LogP contribution in [0.4, 0.5) is 0 Å². The van der Waals surface area contributed by atoms with Crippen LogP contribution in [0.5, 0.6) is 0 Å². The lowest BCUT2D eigenvalue weighted by atomic mass is 10.0. The second-order valence-electron chi connectivity index (χ2n) is 3.81. The first-order valence-corrected chi connectivity index (χ1v) is 5.77. The molecule has 0 aromatic heterocycles. The Hall–Kier alpha value is -0.650. The molecule has 1 amide bonds. The first kappa shape index (κ1) is 15.3. The highest BCUT2D eigenvalue weighted by Gasteiger charge is 2.16. The number of ether oxygens (including phenoxy) is 1. The highest BCUT2D eigenvalue weighted by Crippen LogP contribution is 2.08. The van der Waals surface area contributed by atoms with E-state index in [9.17, 15) is 4.79 Å². The van der Waals surface area contributed by atoms with E-state index in [4.69, 9.17) is 15.6 Å². The number of nitrogens with zero attached hydrogens (tertiary/aromatic N) is 1. The minimum Gasteiger partial charge on any atom is -0.395 e. The summed E-state index contributed by atoms with van der Waals surface area (Å²) in [6.45, 7) is 3.91. The van der Waals surface area contributed by atoms with Crippen LogP contribution in [-0.4, -0.2) is 55.9 Å². The molecule has 3 N–H and O–H groups in total. The van der Waals surface area contributed by atoms with Crippen molar-refractivity contribution in [2.45, 2.75) is 19.8 Å². The minimum atomic E-state index is -0.0190. The molecule has 5 nitrogen and oxygen atoms in total. The quantitative estimate of drug-likeness (QED) is 0.578. The molecule has 0 aliphatic carbocycles. The fourth-order valence-electron chi connectivity index (χ4n) is 1.45. The summed E-state index contributed by atoms with van der Waals surface area (Å²) in [4.78, 5) is 13.5. The molecule has 0 bridgehead atoms. The van der Waals surface area contributed by atoms with Gasteiger partial charge in [0.25, 0.3) is 0 Å². The standard InChI is InChI=1S/C11H24N2O3/c1-3-10(9-12)8-11(15)13(4-6-14)5-7-16-2/h10,14H,3-9,12H2,1-2H3. The lowest BCUT2D eigenvalue weighted by molar-refractivity contribution is -0.133. The molecule has 16 heavy (non-hydrogen) atoms. The van der Waals surface area contributed by atoms with Gasteiger partial charge in [-0.2, -0.15) is 0 Å². The van der Waals surface area contributed by atoms with Crippen LogP contribution in [0.1, 0.15) is 19.8 Å². The van der Waals surface area contributed by atoms with E-state index in [0.29, 0.717) is 32.7 Å². The summed E-state index contributed by atoms with van der Waals surface area (Å²) >= 11 is 0. The molecule has 0 saturated carbocycles. The number of carbonyl (C=O) groups excluding carboxylic acids is 1. The van der Waals surface area contributed by atoms with E-state index in [0.717, 1.165) is 6.42 Å². The number of hydrogen-bond donors (Lipinski definition) is 2. The van der Waals surface area contributed by atoms with Crippen molar-refractivity contribution in [3.8, 4) is 0 Å². The maximum atomic E-state index is 11.9. The fourth-order valence-corrected chi connectivity index (χ4v) is 1.45. The van der Waals surface area contributed by atoms with Crippen molar-refractivity contribution < 1.29 is 14.6 Å². The van der Waals surface area contributed by atoms with E-state index >= 15 is 0 Å². The van der Waals surface area contributed by atoms with Crippen LogP contribution in [0.15, 0.2) is 0 Å². The Kier molecular flexibility index (Phi) is 9.18. The van der Waals surface area contributed by atoms with E-state index in [-0.39, 0.29) is 18.4 Å². The number of carbonyl (C=O) groups is 1. The van der Waals surface area contributed by atoms with Gasteiger partial charge in [-0.15, -0.1) is 0 Å². The van der Waals surface area contributed by atoms with Crippen molar-refractivity contribution in [3.63, 3.8) is 0 Å². The van der Waals surface area contributed by atoms with Crippen LogP contribution >= 0.6 is 0 Å². The summed E-state index contributed by atoms with van der Waals surface area (Å²) in [5.41, 5.74) is 5.56. The lowest BCUT2D eigenvalue weighted by Crippen LogP contribution is -2.37. The molecular weight excluding hydrogens is 208 g/mol. The predicted molar refractivity (Wildman–Crippen MR) is 63.0 cm³/mol. The van der Waals surface area contributed by atoms with Crippen LogP contribution in [-0.2, 0) is 9.53 Å². The average Bonchev–Trinajstić information content (AvgIpc) is 2.31. The summed E-state index contributed by atoms with van der Waals surface area (Å²) < 4.78 is 4.93. The maximum absolute atomic E-state index is 11.9. The Bertz CT molecular complexity index is 184. The molecule has 0 aromatic carbocycles. The number of aliphatic hydroxyl groups excluding tert-OH is 1. The van der Waals surface area contributed by atoms with E-state index < -0.39 is 0 Å². The van der Waals surface area contributed by atoms with Crippen LogP contribution in [0, 0.1) is 5.92 Å². The molecule has 96 valence electrons. The van der Waals surface area contributed by atoms with Crippen molar-refractivity contribution in [3.05, 3.63) is 0 Å². The second-order valence-corrected chi connectivity index (χ2v) is 3.81. The van der Waals surface area contributed by atoms with E-state index in [1.54, 1.807) is 12.0 Å². The first-order chi connectivity index (χ1) is 7.69. The highest BCUT2D eigenvalue weighted by molar-refractivity contribution is 5.76. The molecule has 0 radical (unpaired) electrons. The van der Waals surface area contributed by atoms with E-state index in [2.05, 4.69) is 0 Å². The molecule has 0 fully saturated rings. The van der Waals surface area contributed by atoms with Crippen LogP contribution < -0.4 is 5.73 Å². The van der Waals surface area contributed by atoms with Crippen molar-refractivity contribution >= 4 is 5.91 Å². The Morgan fingerprint density at radius 1 is 1.50 bits per heavy atom. The molecular formula is C11H24N2O3. The zero-order valence-corrected chi connectivity index (χ0v) is 10.3. The SMILES string of the molecule is CCC(CN)CC(=O)N(CCO)CCOC. The molecule has 0 rings (SSSR count). The zero-order valence-electron chi connectivity index (χ0n) is 10.3. The van der Waals surface area contributed by atoms with E-state index in [1.165, 1.54) is 0 Å². The first-order valence-electron chi connectivity index (χ1n) is 5.77. The molecule has 0 heterocycles. The van der Waals surface area contributed by atoms with Gasteiger partial charge in [0.05, 0.1) is 13.2 Å². The van der Waals surface area contributed by atoms with Gasteiger partial charge in [0, 0.05) is 26.6 Å². The van der Waals surface area contributed by atoms with Gasteiger partial charge in [-0.25, -0.2) is 0 Å². The summed E-state index contributed by atoms with van der Waals surface area (Å²) in [7, 11) is 1.59. The topological polar surface area (TPSA) is 75.8 Å². The monoisotopic (exact) mass is 232 g/mol. The average molecular weight is 232 g/mol. The number of amides is 1. The Labute approximate surface area is 97.6 Å². The van der Waals surface area contributed by atoms with Gasteiger partial charge in [-0.3, -0.25) is 4.79 Å². The summed E-state index contributed by atoms with van der Waals surface area (Å²) in [6.07, 6.45) is 1.36. The third-order valence-electron chi connectivity index (χ3n) is 2.66. The predicted octanol–water partition coefficient (Wildman–Crippen LogP) is -0.171. The van der Waals surface area contributed by atoms with Gasteiger partial charge in [-0.05, 0) is 12.5 Å². The van der Waals surface area contributed by atoms with Crippen molar-refractivity contribution in [1.82, 2.24) is 4.90 Å².